The Bertz CT molecular complexity index is 1100. The van der Waals surface area contributed by atoms with Crippen LogP contribution in [0.5, 0.6) is 0 Å². The van der Waals surface area contributed by atoms with E-state index >= 15 is 0 Å². The molecule has 4 rings (SSSR count). The van der Waals surface area contributed by atoms with E-state index in [0.717, 1.165) is 5.39 Å². The SMILES string of the molecule is CN1CCN(C(=O)c2ccc(-c3ccc4c(Cl)ccnc4c3)c(F)c2)CC1=O. The summed E-state index contributed by atoms with van der Waals surface area (Å²) in [4.78, 5) is 31.7. The number of pyridine rings is 1. The number of carbonyl (C=O) groups excluding carboxylic acids is 2. The summed E-state index contributed by atoms with van der Waals surface area (Å²) in [6.45, 7) is 0.912. The first kappa shape index (κ1) is 18.4. The molecule has 0 radical (unpaired) electrons. The van der Waals surface area contributed by atoms with Crippen LogP contribution in [-0.2, 0) is 4.79 Å². The number of piperazine rings is 1. The van der Waals surface area contributed by atoms with Crippen LogP contribution in [0.1, 0.15) is 10.4 Å². The lowest BCUT2D eigenvalue weighted by atomic mass is 10.0. The van der Waals surface area contributed by atoms with E-state index in [1.807, 2.05) is 0 Å². The van der Waals surface area contributed by atoms with Crippen molar-refractivity contribution in [3.8, 4) is 11.1 Å². The number of benzene rings is 2. The first-order valence-electron chi connectivity index (χ1n) is 8.81. The second-order valence-electron chi connectivity index (χ2n) is 6.76. The number of fused-ring (bicyclic) bond motifs is 1. The van der Waals surface area contributed by atoms with Crippen LogP contribution in [0.15, 0.2) is 48.7 Å². The standard InChI is InChI=1S/C21H17ClFN3O2/c1-25-8-9-26(12-20(25)27)21(28)14-3-4-15(18(23)10-14)13-2-5-16-17(22)6-7-24-19(16)11-13/h2-7,10-11H,8-9,12H2,1H3. The van der Waals surface area contributed by atoms with Crippen molar-refractivity contribution in [3.05, 3.63) is 65.1 Å². The number of likely N-dealkylation sites (N-methyl/N-ethyl adjacent to an activating group) is 1. The Morgan fingerprint density at radius 3 is 2.71 bits per heavy atom. The predicted molar refractivity (Wildman–Crippen MR) is 106 cm³/mol. The van der Waals surface area contributed by atoms with E-state index in [0.29, 0.717) is 34.8 Å². The Hall–Kier alpha value is -2.99. The molecule has 0 unspecified atom stereocenters. The minimum Gasteiger partial charge on any atom is -0.342 e. The zero-order chi connectivity index (χ0) is 19.8. The topological polar surface area (TPSA) is 53.5 Å². The number of amides is 2. The van der Waals surface area contributed by atoms with Crippen LogP contribution in [-0.4, -0.2) is 53.3 Å². The van der Waals surface area contributed by atoms with Crippen molar-refractivity contribution in [1.82, 2.24) is 14.8 Å². The van der Waals surface area contributed by atoms with Crippen LogP contribution >= 0.6 is 11.6 Å². The molecule has 0 atom stereocenters. The number of aromatic nitrogens is 1. The fraction of sp³-hybridized carbons (Fsp3) is 0.190. The number of carbonyl (C=O) groups is 2. The van der Waals surface area contributed by atoms with Crippen LogP contribution in [0.25, 0.3) is 22.0 Å². The lowest BCUT2D eigenvalue weighted by molar-refractivity contribution is -0.133. The molecule has 1 aliphatic rings. The van der Waals surface area contributed by atoms with Gasteiger partial charge in [-0.05, 0) is 29.8 Å². The lowest BCUT2D eigenvalue weighted by Crippen LogP contribution is -2.50. The van der Waals surface area contributed by atoms with Crippen LogP contribution < -0.4 is 0 Å². The molecule has 2 aromatic carbocycles. The highest BCUT2D eigenvalue weighted by atomic mass is 35.5. The Labute approximate surface area is 166 Å². The molecule has 1 saturated heterocycles. The summed E-state index contributed by atoms with van der Waals surface area (Å²) in [7, 11) is 1.70. The number of nitrogens with zero attached hydrogens (tertiary/aromatic N) is 3. The minimum absolute atomic E-state index is 0.00973. The molecule has 2 heterocycles. The second kappa shape index (κ2) is 7.20. The van der Waals surface area contributed by atoms with E-state index in [-0.39, 0.29) is 23.9 Å². The van der Waals surface area contributed by atoms with Crippen LogP contribution in [0, 0.1) is 5.82 Å². The van der Waals surface area contributed by atoms with Gasteiger partial charge in [-0.25, -0.2) is 4.39 Å². The smallest absolute Gasteiger partial charge is 0.254 e. The first-order chi connectivity index (χ1) is 13.4. The highest BCUT2D eigenvalue weighted by Crippen LogP contribution is 2.29. The maximum absolute atomic E-state index is 14.8. The number of halogens is 2. The maximum Gasteiger partial charge on any atom is 0.254 e. The van der Waals surface area contributed by atoms with Crippen molar-refractivity contribution in [2.45, 2.75) is 0 Å². The van der Waals surface area contributed by atoms with Gasteiger partial charge in [0.05, 0.1) is 10.5 Å². The monoisotopic (exact) mass is 397 g/mol. The molecule has 142 valence electrons. The van der Waals surface area contributed by atoms with Crippen molar-refractivity contribution in [2.75, 3.05) is 26.7 Å². The molecule has 0 aliphatic carbocycles. The number of rotatable bonds is 2. The average Bonchev–Trinajstić information content (AvgIpc) is 2.69. The zero-order valence-electron chi connectivity index (χ0n) is 15.2. The van der Waals surface area contributed by atoms with Crippen molar-refractivity contribution in [1.29, 1.82) is 0 Å². The summed E-state index contributed by atoms with van der Waals surface area (Å²) >= 11 is 6.15. The Kier molecular flexibility index (Phi) is 4.73. The van der Waals surface area contributed by atoms with Crippen molar-refractivity contribution in [3.63, 3.8) is 0 Å². The lowest BCUT2D eigenvalue weighted by Gasteiger charge is -2.32. The Morgan fingerprint density at radius 1 is 1.14 bits per heavy atom. The fourth-order valence-corrected chi connectivity index (χ4v) is 3.49. The third kappa shape index (κ3) is 3.31. The van der Waals surface area contributed by atoms with E-state index in [2.05, 4.69) is 4.98 Å². The van der Waals surface area contributed by atoms with Gasteiger partial charge in [0.1, 0.15) is 12.4 Å². The van der Waals surface area contributed by atoms with E-state index in [1.54, 1.807) is 54.5 Å². The van der Waals surface area contributed by atoms with Gasteiger partial charge < -0.3 is 9.80 Å². The molecule has 7 heteroatoms. The highest BCUT2D eigenvalue weighted by Gasteiger charge is 2.26. The first-order valence-corrected chi connectivity index (χ1v) is 9.19. The molecule has 0 spiro atoms. The van der Waals surface area contributed by atoms with E-state index in [9.17, 15) is 14.0 Å². The average molecular weight is 398 g/mol. The molecule has 0 bridgehead atoms. The summed E-state index contributed by atoms with van der Waals surface area (Å²) in [5.74, 6) is -0.981. The van der Waals surface area contributed by atoms with Crippen LogP contribution in [0.3, 0.4) is 0 Å². The molecular formula is C21H17ClFN3O2. The van der Waals surface area contributed by atoms with Crippen molar-refractivity contribution >= 4 is 34.3 Å². The van der Waals surface area contributed by atoms with E-state index in [1.165, 1.54) is 11.0 Å². The quantitative estimate of drug-likeness (QED) is 0.663. The number of hydrogen-bond donors (Lipinski definition) is 0. The van der Waals surface area contributed by atoms with Crippen molar-refractivity contribution in [2.24, 2.45) is 0 Å². The van der Waals surface area contributed by atoms with Gasteiger partial charge >= 0.3 is 0 Å². The summed E-state index contributed by atoms with van der Waals surface area (Å²) < 4.78 is 14.8. The molecular weight excluding hydrogens is 381 g/mol. The molecule has 5 nitrogen and oxygen atoms in total. The molecule has 3 aromatic rings. The van der Waals surface area contributed by atoms with E-state index < -0.39 is 5.82 Å². The predicted octanol–water partition coefficient (Wildman–Crippen LogP) is 3.61. The fourth-order valence-electron chi connectivity index (χ4n) is 3.28. The third-order valence-corrected chi connectivity index (χ3v) is 5.29. The normalized spacial score (nSPS) is 14.6. The molecule has 1 aromatic heterocycles. The van der Waals surface area contributed by atoms with Crippen LogP contribution in [0.4, 0.5) is 4.39 Å². The van der Waals surface area contributed by atoms with E-state index in [4.69, 9.17) is 11.6 Å². The summed E-state index contributed by atoms with van der Waals surface area (Å²) in [5, 5.41) is 1.37. The maximum atomic E-state index is 14.8. The summed E-state index contributed by atoms with van der Waals surface area (Å²) in [5.41, 5.74) is 1.91. The van der Waals surface area contributed by atoms with Crippen molar-refractivity contribution < 1.29 is 14.0 Å². The minimum atomic E-state index is -0.507. The second-order valence-corrected chi connectivity index (χ2v) is 7.17. The van der Waals surface area contributed by atoms with Gasteiger partial charge in [-0.15, -0.1) is 0 Å². The molecule has 1 aliphatic heterocycles. The molecule has 28 heavy (non-hydrogen) atoms. The number of hydrogen-bond acceptors (Lipinski definition) is 3. The molecule has 0 N–H and O–H groups in total. The van der Waals surface area contributed by atoms with Crippen LogP contribution in [0.2, 0.25) is 5.02 Å². The molecule has 1 fully saturated rings. The molecule has 0 saturated carbocycles. The van der Waals surface area contributed by atoms with Gasteiger partial charge in [0, 0.05) is 42.8 Å². The van der Waals surface area contributed by atoms with Gasteiger partial charge in [-0.2, -0.15) is 0 Å². The van der Waals surface area contributed by atoms with Gasteiger partial charge in [0.25, 0.3) is 5.91 Å². The largest absolute Gasteiger partial charge is 0.342 e. The Morgan fingerprint density at radius 2 is 1.96 bits per heavy atom. The Balaban J connectivity index is 1.63. The van der Waals surface area contributed by atoms with Gasteiger partial charge in [0.15, 0.2) is 0 Å². The van der Waals surface area contributed by atoms with Gasteiger partial charge in [-0.1, -0.05) is 29.8 Å². The zero-order valence-corrected chi connectivity index (χ0v) is 15.9. The van der Waals surface area contributed by atoms with Gasteiger partial charge in [0.2, 0.25) is 5.91 Å². The molecule has 2 amide bonds. The summed E-state index contributed by atoms with van der Waals surface area (Å²) in [6.07, 6.45) is 1.60. The van der Waals surface area contributed by atoms with Gasteiger partial charge in [-0.3, -0.25) is 14.6 Å². The third-order valence-electron chi connectivity index (χ3n) is 4.96. The summed E-state index contributed by atoms with van der Waals surface area (Å²) in [6, 6.07) is 11.4. The highest BCUT2D eigenvalue weighted by molar-refractivity contribution is 6.35.